The number of rotatable bonds is 5. The summed E-state index contributed by atoms with van der Waals surface area (Å²) in [6.07, 6.45) is 2.44. The Labute approximate surface area is 129 Å². The van der Waals surface area contributed by atoms with E-state index in [1.807, 2.05) is 13.0 Å². The van der Waals surface area contributed by atoms with Crippen LogP contribution in [0, 0.1) is 12.7 Å². The third-order valence-corrected chi connectivity index (χ3v) is 4.83. The molecule has 21 heavy (non-hydrogen) atoms. The van der Waals surface area contributed by atoms with Crippen molar-refractivity contribution in [1.82, 2.24) is 10.3 Å². The summed E-state index contributed by atoms with van der Waals surface area (Å²) in [5.41, 5.74) is 3.25. The van der Waals surface area contributed by atoms with E-state index in [1.165, 1.54) is 12.8 Å². The number of nitrogens with zero attached hydrogens (tertiary/aromatic N) is 1. The summed E-state index contributed by atoms with van der Waals surface area (Å²) in [5, 5.41) is 6.88. The highest BCUT2D eigenvalue weighted by atomic mass is 32.1. The lowest BCUT2D eigenvalue weighted by molar-refractivity contribution is 0.587. The van der Waals surface area contributed by atoms with Crippen molar-refractivity contribution in [1.29, 1.82) is 0 Å². The van der Waals surface area contributed by atoms with Crippen molar-refractivity contribution >= 4 is 11.3 Å². The Bertz CT molecular complexity index is 631. The van der Waals surface area contributed by atoms with E-state index < -0.39 is 0 Å². The van der Waals surface area contributed by atoms with Crippen molar-refractivity contribution in [2.75, 3.05) is 0 Å². The second-order valence-electron chi connectivity index (χ2n) is 6.14. The average molecular weight is 304 g/mol. The Morgan fingerprint density at radius 2 is 2.10 bits per heavy atom. The summed E-state index contributed by atoms with van der Waals surface area (Å²) in [5.74, 6) is 0.259. The molecule has 1 heterocycles. The normalized spacial score (nSPS) is 16.4. The first-order chi connectivity index (χ1) is 10.0. The molecule has 0 amide bonds. The minimum absolute atomic E-state index is 0.0793. The number of aromatic nitrogens is 1. The predicted molar refractivity (Wildman–Crippen MR) is 85.3 cm³/mol. The third-order valence-electron chi connectivity index (χ3n) is 3.90. The van der Waals surface area contributed by atoms with Gasteiger partial charge in [0.2, 0.25) is 0 Å². The molecule has 3 rings (SSSR count). The van der Waals surface area contributed by atoms with Crippen LogP contribution in [0.4, 0.5) is 4.39 Å². The van der Waals surface area contributed by atoms with Gasteiger partial charge in [-0.05, 0) is 48.9 Å². The standard InChI is InChI=1S/C17H21FN2S/c1-10(2)15-9-21-17(20-15)16(19-13-5-6-13)14-7-4-12(18)8-11(14)3/h4,7-10,13,16,19H,5-6H2,1-3H3. The molecular weight excluding hydrogens is 283 g/mol. The maximum absolute atomic E-state index is 13.4. The van der Waals surface area contributed by atoms with Gasteiger partial charge in [0.1, 0.15) is 10.8 Å². The monoisotopic (exact) mass is 304 g/mol. The molecular formula is C17H21FN2S. The molecule has 112 valence electrons. The number of benzene rings is 1. The number of aryl methyl sites for hydroxylation is 1. The van der Waals surface area contributed by atoms with Crippen LogP contribution in [0.1, 0.15) is 60.5 Å². The van der Waals surface area contributed by atoms with Crippen LogP contribution in [-0.2, 0) is 0 Å². The molecule has 0 radical (unpaired) electrons. The summed E-state index contributed by atoms with van der Waals surface area (Å²) >= 11 is 1.70. The lowest BCUT2D eigenvalue weighted by Gasteiger charge is -2.19. The highest BCUT2D eigenvalue weighted by Crippen LogP contribution is 2.33. The zero-order valence-electron chi connectivity index (χ0n) is 12.7. The number of hydrogen-bond acceptors (Lipinski definition) is 3. The summed E-state index contributed by atoms with van der Waals surface area (Å²) in [6.45, 7) is 6.29. The van der Waals surface area contributed by atoms with Gasteiger partial charge in [-0.1, -0.05) is 19.9 Å². The SMILES string of the molecule is Cc1cc(F)ccc1C(NC1CC1)c1nc(C(C)C)cs1. The zero-order valence-corrected chi connectivity index (χ0v) is 13.5. The molecule has 1 fully saturated rings. The Balaban J connectivity index is 1.95. The Morgan fingerprint density at radius 3 is 2.67 bits per heavy atom. The van der Waals surface area contributed by atoms with E-state index in [2.05, 4.69) is 24.5 Å². The van der Waals surface area contributed by atoms with Gasteiger partial charge in [-0.25, -0.2) is 9.37 Å². The van der Waals surface area contributed by atoms with Crippen LogP contribution in [0.5, 0.6) is 0 Å². The van der Waals surface area contributed by atoms with E-state index in [0.29, 0.717) is 12.0 Å². The van der Waals surface area contributed by atoms with Crippen molar-refractivity contribution in [3.63, 3.8) is 0 Å². The molecule has 2 nitrogen and oxygen atoms in total. The zero-order chi connectivity index (χ0) is 15.0. The fourth-order valence-electron chi connectivity index (χ4n) is 2.44. The maximum atomic E-state index is 13.4. The van der Waals surface area contributed by atoms with Crippen molar-refractivity contribution < 1.29 is 4.39 Å². The van der Waals surface area contributed by atoms with Crippen LogP contribution in [0.25, 0.3) is 0 Å². The molecule has 1 saturated carbocycles. The summed E-state index contributed by atoms with van der Waals surface area (Å²) in [4.78, 5) is 4.79. The molecule has 0 saturated heterocycles. The molecule has 1 aromatic heterocycles. The summed E-state index contributed by atoms with van der Waals surface area (Å²) in [6, 6.07) is 5.69. The van der Waals surface area contributed by atoms with E-state index in [0.717, 1.165) is 21.8 Å². The number of nitrogens with one attached hydrogen (secondary N) is 1. The van der Waals surface area contributed by atoms with Gasteiger partial charge in [-0.15, -0.1) is 11.3 Å². The van der Waals surface area contributed by atoms with Crippen molar-refractivity contribution in [3.8, 4) is 0 Å². The quantitative estimate of drug-likeness (QED) is 0.876. The van der Waals surface area contributed by atoms with Crippen LogP contribution in [-0.4, -0.2) is 11.0 Å². The second-order valence-corrected chi connectivity index (χ2v) is 7.03. The molecule has 1 aliphatic carbocycles. The Kier molecular flexibility index (Phi) is 4.09. The highest BCUT2D eigenvalue weighted by Gasteiger charge is 2.29. The molecule has 2 aromatic rings. The first-order valence-electron chi connectivity index (χ1n) is 7.52. The van der Waals surface area contributed by atoms with E-state index in [-0.39, 0.29) is 11.9 Å². The molecule has 1 N–H and O–H groups in total. The topological polar surface area (TPSA) is 24.9 Å². The third kappa shape index (κ3) is 3.33. The van der Waals surface area contributed by atoms with Crippen LogP contribution >= 0.6 is 11.3 Å². The summed E-state index contributed by atoms with van der Waals surface area (Å²) < 4.78 is 13.4. The molecule has 4 heteroatoms. The van der Waals surface area contributed by atoms with Crippen molar-refractivity contribution in [3.05, 3.63) is 51.2 Å². The van der Waals surface area contributed by atoms with Crippen molar-refractivity contribution in [2.45, 2.75) is 51.6 Å². The van der Waals surface area contributed by atoms with Crippen LogP contribution in [0.2, 0.25) is 0 Å². The van der Waals surface area contributed by atoms with Crippen molar-refractivity contribution in [2.24, 2.45) is 0 Å². The van der Waals surface area contributed by atoms with Gasteiger partial charge in [0.25, 0.3) is 0 Å². The Hall–Kier alpha value is -1.26. The minimum Gasteiger partial charge on any atom is -0.301 e. The largest absolute Gasteiger partial charge is 0.301 e. The van der Waals surface area contributed by atoms with Crippen LogP contribution in [0.15, 0.2) is 23.6 Å². The second kappa shape index (κ2) is 5.85. The molecule has 1 aliphatic rings. The van der Waals surface area contributed by atoms with E-state index >= 15 is 0 Å². The molecule has 0 aliphatic heterocycles. The lowest BCUT2D eigenvalue weighted by atomic mass is 10.0. The number of halogens is 1. The van der Waals surface area contributed by atoms with Gasteiger partial charge in [0.05, 0.1) is 11.7 Å². The first kappa shape index (κ1) is 14.7. The first-order valence-corrected chi connectivity index (χ1v) is 8.40. The predicted octanol–water partition coefficient (Wildman–Crippen LogP) is 4.56. The molecule has 0 spiro atoms. The van der Waals surface area contributed by atoms with E-state index in [9.17, 15) is 4.39 Å². The molecule has 1 aromatic carbocycles. The fraction of sp³-hybridized carbons (Fsp3) is 0.471. The maximum Gasteiger partial charge on any atom is 0.123 e. The van der Waals surface area contributed by atoms with Gasteiger partial charge >= 0.3 is 0 Å². The highest BCUT2D eigenvalue weighted by molar-refractivity contribution is 7.09. The molecule has 1 atom stereocenters. The van der Waals surface area contributed by atoms with E-state index in [4.69, 9.17) is 4.98 Å². The van der Waals surface area contributed by atoms with E-state index in [1.54, 1.807) is 23.5 Å². The van der Waals surface area contributed by atoms with Gasteiger partial charge in [-0.3, -0.25) is 0 Å². The van der Waals surface area contributed by atoms with Crippen LogP contribution in [0.3, 0.4) is 0 Å². The van der Waals surface area contributed by atoms with Crippen LogP contribution < -0.4 is 5.32 Å². The van der Waals surface area contributed by atoms with Gasteiger partial charge < -0.3 is 5.32 Å². The lowest BCUT2D eigenvalue weighted by Crippen LogP contribution is -2.25. The Morgan fingerprint density at radius 1 is 1.33 bits per heavy atom. The molecule has 0 bridgehead atoms. The fourth-order valence-corrected chi connectivity index (χ4v) is 3.50. The molecule has 1 unspecified atom stereocenters. The number of hydrogen-bond donors (Lipinski definition) is 1. The minimum atomic E-state index is -0.177. The van der Waals surface area contributed by atoms with Gasteiger partial charge in [0, 0.05) is 11.4 Å². The number of thiazole rings is 1. The average Bonchev–Trinajstić information content (AvgIpc) is 3.11. The van der Waals surface area contributed by atoms with Gasteiger partial charge in [0.15, 0.2) is 0 Å². The smallest absolute Gasteiger partial charge is 0.123 e. The summed E-state index contributed by atoms with van der Waals surface area (Å²) in [7, 11) is 0. The van der Waals surface area contributed by atoms with Gasteiger partial charge in [-0.2, -0.15) is 0 Å².